The highest BCUT2D eigenvalue weighted by molar-refractivity contribution is 5.77. The van der Waals surface area contributed by atoms with Gasteiger partial charge in [0, 0.05) is 57.8 Å². The SMILES string of the molecule is NC(=O)CC1CCCCN1CCC(=O)N1CCN(c2ccccn2)CC1. The molecule has 26 heavy (non-hydrogen) atoms. The molecule has 0 aliphatic carbocycles. The first-order valence-corrected chi connectivity index (χ1v) is 9.59. The van der Waals surface area contributed by atoms with Crippen LogP contribution < -0.4 is 10.6 Å². The molecule has 0 bridgehead atoms. The number of hydrogen-bond donors (Lipinski definition) is 1. The highest BCUT2D eigenvalue weighted by atomic mass is 16.2. The summed E-state index contributed by atoms with van der Waals surface area (Å²) in [6.45, 7) is 4.78. The lowest BCUT2D eigenvalue weighted by Gasteiger charge is -2.37. The minimum atomic E-state index is -0.251. The number of anilines is 1. The second-order valence-corrected chi connectivity index (χ2v) is 7.16. The number of pyridine rings is 1. The smallest absolute Gasteiger partial charge is 0.223 e. The number of piperazine rings is 1. The van der Waals surface area contributed by atoms with Crippen LogP contribution in [0.3, 0.4) is 0 Å². The predicted octanol–water partition coefficient (Wildman–Crippen LogP) is 0.850. The van der Waals surface area contributed by atoms with Crippen molar-refractivity contribution in [1.82, 2.24) is 14.8 Å². The van der Waals surface area contributed by atoms with Crippen LogP contribution in [0.25, 0.3) is 0 Å². The van der Waals surface area contributed by atoms with Gasteiger partial charge in [-0.1, -0.05) is 12.5 Å². The van der Waals surface area contributed by atoms with Crippen molar-refractivity contribution < 1.29 is 9.59 Å². The normalized spacial score (nSPS) is 21.6. The Morgan fingerprint density at radius 3 is 2.62 bits per heavy atom. The van der Waals surface area contributed by atoms with Gasteiger partial charge in [0.05, 0.1) is 0 Å². The quantitative estimate of drug-likeness (QED) is 0.814. The zero-order chi connectivity index (χ0) is 18.4. The monoisotopic (exact) mass is 359 g/mol. The largest absolute Gasteiger partial charge is 0.370 e. The molecule has 1 atom stereocenters. The number of carbonyl (C=O) groups is 2. The molecule has 0 spiro atoms. The molecule has 2 aliphatic heterocycles. The molecule has 2 saturated heterocycles. The zero-order valence-electron chi connectivity index (χ0n) is 15.3. The van der Waals surface area contributed by atoms with E-state index in [0.717, 1.165) is 64.3 Å². The van der Waals surface area contributed by atoms with E-state index < -0.39 is 0 Å². The van der Waals surface area contributed by atoms with Gasteiger partial charge in [-0.15, -0.1) is 0 Å². The number of primary amides is 1. The molecule has 2 fully saturated rings. The molecule has 1 aromatic heterocycles. The van der Waals surface area contributed by atoms with E-state index in [0.29, 0.717) is 12.8 Å². The Morgan fingerprint density at radius 1 is 1.12 bits per heavy atom. The fourth-order valence-corrected chi connectivity index (χ4v) is 3.94. The van der Waals surface area contributed by atoms with Crippen LogP contribution in [-0.4, -0.2) is 71.9 Å². The van der Waals surface area contributed by atoms with Gasteiger partial charge in [-0.05, 0) is 31.5 Å². The maximum atomic E-state index is 12.6. The van der Waals surface area contributed by atoms with Crippen molar-refractivity contribution in [3.8, 4) is 0 Å². The van der Waals surface area contributed by atoms with E-state index >= 15 is 0 Å². The van der Waals surface area contributed by atoms with E-state index in [1.165, 1.54) is 0 Å². The van der Waals surface area contributed by atoms with Crippen LogP contribution in [0.5, 0.6) is 0 Å². The summed E-state index contributed by atoms with van der Waals surface area (Å²) in [5, 5.41) is 0. The molecule has 0 radical (unpaired) electrons. The maximum absolute atomic E-state index is 12.6. The Labute approximate surface area is 155 Å². The van der Waals surface area contributed by atoms with E-state index in [1.807, 2.05) is 23.1 Å². The summed E-state index contributed by atoms with van der Waals surface area (Å²) < 4.78 is 0. The van der Waals surface area contributed by atoms with Crippen LogP contribution in [0.2, 0.25) is 0 Å². The number of amides is 2. The Balaban J connectivity index is 1.44. The van der Waals surface area contributed by atoms with Crippen LogP contribution in [0.1, 0.15) is 32.1 Å². The van der Waals surface area contributed by atoms with E-state index in [-0.39, 0.29) is 17.9 Å². The summed E-state index contributed by atoms with van der Waals surface area (Å²) in [5.74, 6) is 0.926. The number of piperidine rings is 1. The first-order valence-electron chi connectivity index (χ1n) is 9.59. The molecule has 142 valence electrons. The van der Waals surface area contributed by atoms with Crippen molar-refractivity contribution in [2.45, 2.75) is 38.1 Å². The molecule has 7 heteroatoms. The van der Waals surface area contributed by atoms with Crippen LogP contribution >= 0.6 is 0 Å². The summed E-state index contributed by atoms with van der Waals surface area (Å²) in [7, 11) is 0. The molecule has 7 nitrogen and oxygen atoms in total. The second kappa shape index (κ2) is 8.98. The van der Waals surface area contributed by atoms with Gasteiger partial charge in [-0.25, -0.2) is 4.98 Å². The molecule has 2 amide bonds. The minimum absolute atomic E-state index is 0.203. The fourth-order valence-electron chi connectivity index (χ4n) is 3.94. The lowest BCUT2D eigenvalue weighted by Crippen LogP contribution is -2.50. The number of nitrogens with two attached hydrogens (primary N) is 1. The van der Waals surface area contributed by atoms with Gasteiger partial charge in [0.15, 0.2) is 0 Å². The molecule has 1 unspecified atom stereocenters. The van der Waals surface area contributed by atoms with Gasteiger partial charge >= 0.3 is 0 Å². The van der Waals surface area contributed by atoms with Crippen molar-refractivity contribution in [3.05, 3.63) is 24.4 Å². The lowest BCUT2D eigenvalue weighted by molar-refractivity contribution is -0.132. The van der Waals surface area contributed by atoms with E-state index in [2.05, 4.69) is 14.8 Å². The summed E-state index contributed by atoms with van der Waals surface area (Å²) in [6, 6.07) is 6.11. The molecule has 2 aliphatic rings. The van der Waals surface area contributed by atoms with E-state index in [9.17, 15) is 9.59 Å². The first-order chi connectivity index (χ1) is 12.6. The van der Waals surface area contributed by atoms with Gasteiger partial charge < -0.3 is 15.5 Å². The predicted molar refractivity (Wildman–Crippen MR) is 101 cm³/mol. The number of aromatic nitrogens is 1. The second-order valence-electron chi connectivity index (χ2n) is 7.16. The van der Waals surface area contributed by atoms with Gasteiger partial charge in [-0.2, -0.15) is 0 Å². The average Bonchev–Trinajstić information content (AvgIpc) is 2.67. The lowest BCUT2D eigenvalue weighted by atomic mass is 9.99. The number of rotatable bonds is 6. The van der Waals surface area contributed by atoms with Crippen LogP contribution in [0.15, 0.2) is 24.4 Å². The maximum Gasteiger partial charge on any atom is 0.223 e. The zero-order valence-corrected chi connectivity index (χ0v) is 15.3. The Bertz CT molecular complexity index is 601. The first kappa shape index (κ1) is 18.6. The summed E-state index contributed by atoms with van der Waals surface area (Å²) in [6.07, 6.45) is 5.98. The third kappa shape index (κ3) is 4.94. The third-order valence-corrected chi connectivity index (χ3v) is 5.40. The standard InChI is InChI=1S/C19H29N5O2/c20-17(25)15-16-5-2-4-9-22(16)10-7-19(26)24-13-11-23(12-14-24)18-6-1-3-8-21-18/h1,3,6,8,16H,2,4-5,7,9-15H2,(H2,20,25). The number of likely N-dealkylation sites (tertiary alicyclic amines) is 1. The van der Waals surface area contributed by atoms with Crippen LogP contribution in [-0.2, 0) is 9.59 Å². The van der Waals surface area contributed by atoms with Crippen molar-refractivity contribution in [2.75, 3.05) is 44.2 Å². The van der Waals surface area contributed by atoms with Crippen LogP contribution in [0.4, 0.5) is 5.82 Å². The Hall–Kier alpha value is -2.15. The molecular formula is C19H29N5O2. The van der Waals surface area contributed by atoms with E-state index in [4.69, 9.17) is 5.73 Å². The highest BCUT2D eigenvalue weighted by Crippen LogP contribution is 2.20. The number of hydrogen-bond acceptors (Lipinski definition) is 5. The third-order valence-electron chi connectivity index (χ3n) is 5.40. The van der Waals surface area contributed by atoms with Gasteiger partial charge in [0.1, 0.15) is 5.82 Å². The minimum Gasteiger partial charge on any atom is -0.370 e. The number of carbonyl (C=O) groups excluding carboxylic acids is 2. The van der Waals surface area contributed by atoms with E-state index in [1.54, 1.807) is 6.20 Å². The molecule has 3 heterocycles. The van der Waals surface area contributed by atoms with Gasteiger partial charge in [-0.3, -0.25) is 14.5 Å². The van der Waals surface area contributed by atoms with Crippen molar-refractivity contribution in [2.24, 2.45) is 5.73 Å². The molecule has 0 saturated carbocycles. The molecular weight excluding hydrogens is 330 g/mol. The summed E-state index contributed by atoms with van der Waals surface area (Å²) >= 11 is 0. The Morgan fingerprint density at radius 2 is 1.92 bits per heavy atom. The topological polar surface area (TPSA) is 82.8 Å². The Kier molecular flexibility index (Phi) is 6.44. The average molecular weight is 359 g/mol. The van der Waals surface area contributed by atoms with Gasteiger partial charge in [0.25, 0.3) is 0 Å². The fraction of sp³-hybridized carbons (Fsp3) is 0.632. The van der Waals surface area contributed by atoms with Gasteiger partial charge in [0.2, 0.25) is 11.8 Å². The number of nitrogens with zero attached hydrogens (tertiary/aromatic N) is 4. The molecule has 0 aromatic carbocycles. The molecule has 3 rings (SSSR count). The summed E-state index contributed by atoms with van der Waals surface area (Å²) in [5.41, 5.74) is 5.37. The van der Waals surface area contributed by atoms with Crippen molar-refractivity contribution in [1.29, 1.82) is 0 Å². The molecule has 2 N–H and O–H groups in total. The molecule has 1 aromatic rings. The van der Waals surface area contributed by atoms with Crippen molar-refractivity contribution in [3.63, 3.8) is 0 Å². The highest BCUT2D eigenvalue weighted by Gasteiger charge is 2.26. The summed E-state index contributed by atoms with van der Waals surface area (Å²) in [4.78, 5) is 34.7. The van der Waals surface area contributed by atoms with Crippen molar-refractivity contribution >= 4 is 17.6 Å². The van der Waals surface area contributed by atoms with Crippen LogP contribution in [0, 0.1) is 0 Å².